The predicted molar refractivity (Wildman–Crippen MR) is 94.0 cm³/mol. The second-order valence-electron chi connectivity index (χ2n) is 7.06. The Morgan fingerprint density at radius 3 is 2.54 bits per heavy atom. The summed E-state index contributed by atoms with van der Waals surface area (Å²) in [4.78, 5) is 13.7. The summed E-state index contributed by atoms with van der Waals surface area (Å²) >= 11 is 0. The van der Waals surface area contributed by atoms with E-state index in [0.717, 1.165) is 18.9 Å². The van der Waals surface area contributed by atoms with Gasteiger partial charge in [-0.15, -0.1) is 0 Å². The van der Waals surface area contributed by atoms with Gasteiger partial charge >= 0.3 is 0 Å². The number of hydrogen-bond acceptors (Lipinski definition) is 5. The third-order valence-electron chi connectivity index (χ3n) is 5.13. The zero-order valence-electron chi connectivity index (χ0n) is 14.4. The molecular formula is C18H26N6. The third kappa shape index (κ3) is 3.59. The normalized spacial score (nSPS) is 19.5. The van der Waals surface area contributed by atoms with E-state index in [9.17, 15) is 0 Å². The van der Waals surface area contributed by atoms with E-state index in [4.69, 9.17) is 0 Å². The molecule has 24 heavy (non-hydrogen) atoms. The van der Waals surface area contributed by atoms with Crippen molar-refractivity contribution >= 4 is 5.82 Å². The summed E-state index contributed by atoms with van der Waals surface area (Å²) in [6.45, 7) is 6.49. The van der Waals surface area contributed by atoms with Gasteiger partial charge in [0.1, 0.15) is 12.1 Å². The molecule has 128 valence electrons. The van der Waals surface area contributed by atoms with Crippen molar-refractivity contribution in [1.82, 2.24) is 24.6 Å². The van der Waals surface area contributed by atoms with Crippen LogP contribution in [-0.4, -0.2) is 56.4 Å². The highest BCUT2D eigenvalue weighted by Gasteiger charge is 2.36. The molecule has 6 heteroatoms. The first-order valence-corrected chi connectivity index (χ1v) is 9.05. The quantitative estimate of drug-likeness (QED) is 0.814. The molecule has 0 amide bonds. The minimum Gasteiger partial charge on any atom is -0.350 e. The van der Waals surface area contributed by atoms with Crippen LogP contribution in [0.4, 0.5) is 5.82 Å². The fourth-order valence-electron chi connectivity index (χ4n) is 3.72. The SMILES string of the molecule is Cc1cnn(CCN2CCC(N(c3ccncn3)C3CC3)CC2)c1. The molecule has 1 saturated heterocycles. The first kappa shape index (κ1) is 15.6. The van der Waals surface area contributed by atoms with Crippen molar-refractivity contribution in [3.8, 4) is 0 Å². The smallest absolute Gasteiger partial charge is 0.132 e. The highest BCUT2D eigenvalue weighted by Crippen LogP contribution is 2.34. The summed E-state index contributed by atoms with van der Waals surface area (Å²) in [5.74, 6) is 1.11. The minimum absolute atomic E-state index is 0.621. The predicted octanol–water partition coefficient (Wildman–Crippen LogP) is 2.11. The molecule has 0 aromatic carbocycles. The molecule has 2 aromatic rings. The van der Waals surface area contributed by atoms with E-state index < -0.39 is 0 Å². The Morgan fingerprint density at radius 2 is 1.92 bits per heavy atom. The molecule has 2 fully saturated rings. The van der Waals surface area contributed by atoms with Crippen LogP contribution in [0, 0.1) is 6.92 Å². The van der Waals surface area contributed by atoms with E-state index in [-0.39, 0.29) is 0 Å². The number of likely N-dealkylation sites (tertiary alicyclic amines) is 1. The maximum absolute atomic E-state index is 4.50. The Bertz CT molecular complexity index is 643. The highest BCUT2D eigenvalue weighted by molar-refractivity contribution is 5.41. The van der Waals surface area contributed by atoms with Crippen LogP contribution in [0.5, 0.6) is 0 Å². The molecule has 3 heterocycles. The van der Waals surface area contributed by atoms with Crippen molar-refractivity contribution in [2.24, 2.45) is 0 Å². The van der Waals surface area contributed by atoms with Gasteiger partial charge in [0.25, 0.3) is 0 Å². The Hall–Kier alpha value is -1.95. The van der Waals surface area contributed by atoms with Crippen LogP contribution in [0.2, 0.25) is 0 Å². The zero-order chi connectivity index (χ0) is 16.4. The molecular weight excluding hydrogens is 300 g/mol. The van der Waals surface area contributed by atoms with Crippen LogP contribution in [0.1, 0.15) is 31.2 Å². The average Bonchev–Trinajstić information content (AvgIpc) is 3.36. The molecule has 2 aliphatic rings. The number of piperidine rings is 1. The summed E-state index contributed by atoms with van der Waals surface area (Å²) in [6.07, 6.45) is 12.6. The van der Waals surface area contributed by atoms with Gasteiger partial charge in [0.15, 0.2) is 0 Å². The summed E-state index contributed by atoms with van der Waals surface area (Å²) in [5.41, 5.74) is 1.23. The molecule has 2 aromatic heterocycles. The average molecular weight is 326 g/mol. The van der Waals surface area contributed by atoms with Crippen LogP contribution in [0.3, 0.4) is 0 Å². The van der Waals surface area contributed by atoms with Gasteiger partial charge < -0.3 is 9.80 Å². The lowest BCUT2D eigenvalue weighted by Crippen LogP contribution is -2.47. The Labute approximate surface area is 143 Å². The monoisotopic (exact) mass is 326 g/mol. The van der Waals surface area contributed by atoms with Crippen molar-refractivity contribution < 1.29 is 0 Å². The fraction of sp³-hybridized carbons (Fsp3) is 0.611. The number of hydrogen-bond donors (Lipinski definition) is 0. The summed E-state index contributed by atoms with van der Waals surface area (Å²) < 4.78 is 2.05. The van der Waals surface area contributed by atoms with Gasteiger partial charge in [-0.05, 0) is 44.2 Å². The lowest BCUT2D eigenvalue weighted by molar-refractivity contribution is 0.199. The van der Waals surface area contributed by atoms with E-state index >= 15 is 0 Å². The van der Waals surface area contributed by atoms with Gasteiger partial charge in [0.05, 0.1) is 12.7 Å². The van der Waals surface area contributed by atoms with Crippen molar-refractivity contribution in [3.63, 3.8) is 0 Å². The van der Waals surface area contributed by atoms with E-state index in [1.165, 1.54) is 44.3 Å². The van der Waals surface area contributed by atoms with Gasteiger partial charge in [-0.25, -0.2) is 9.97 Å². The third-order valence-corrected chi connectivity index (χ3v) is 5.13. The highest BCUT2D eigenvalue weighted by atomic mass is 15.3. The van der Waals surface area contributed by atoms with Gasteiger partial charge in [0, 0.05) is 44.1 Å². The number of aryl methyl sites for hydroxylation is 1. The van der Waals surface area contributed by atoms with E-state index in [2.05, 4.69) is 48.7 Å². The summed E-state index contributed by atoms with van der Waals surface area (Å²) in [5, 5.41) is 4.38. The standard InChI is InChI=1S/C18H26N6/c1-15-12-21-23(13-15)11-10-22-8-5-17(6-9-22)24(16-2-3-16)18-4-7-19-14-20-18/h4,7,12-14,16-17H,2-3,5-6,8-11H2,1H3. The molecule has 1 aliphatic heterocycles. The van der Waals surface area contributed by atoms with Crippen LogP contribution < -0.4 is 4.90 Å². The first-order valence-electron chi connectivity index (χ1n) is 9.05. The topological polar surface area (TPSA) is 50.1 Å². The van der Waals surface area contributed by atoms with Crippen molar-refractivity contribution in [2.75, 3.05) is 24.5 Å². The maximum Gasteiger partial charge on any atom is 0.132 e. The largest absolute Gasteiger partial charge is 0.350 e. The molecule has 0 atom stereocenters. The van der Waals surface area contributed by atoms with Gasteiger partial charge in [0.2, 0.25) is 0 Å². The molecule has 0 unspecified atom stereocenters. The fourth-order valence-corrected chi connectivity index (χ4v) is 3.72. The van der Waals surface area contributed by atoms with Crippen LogP contribution >= 0.6 is 0 Å². The van der Waals surface area contributed by atoms with Gasteiger partial charge in [-0.3, -0.25) is 4.68 Å². The molecule has 0 N–H and O–H groups in total. The lowest BCUT2D eigenvalue weighted by Gasteiger charge is -2.39. The van der Waals surface area contributed by atoms with Crippen molar-refractivity contribution in [2.45, 2.75) is 51.2 Å². The Morgan fingerprint density at radius 1 is 1.12 bits per heavy atom. The molecule has 0 spiro atoms. The lowest BCUT2D eigenvalue weighted by atomic mass is 10.0. The van der Waals surface area contributed by atoms with E-state index in [1.54, 1.807) is 6.33 Å². The van der Waals surface area contributed by atoms with E-state index in [1.807, 2.05) is 12.4 Å². The molecule has 0 bridgehead atoms. The molecule has 1 aliphatic carbocycles. The van der Waals surface area contributed by atoms with Gasteiger partial charge in [-0.2, -0.15) is 5.10 Å². The van der Waals surface area contributed by atoms with Crippen molar-refractivity contribution in [3.05, 3.63) is 36.5 Å². The summed E-state index contributed by atoms with van der Waals surface area (Å²) in [6, 6.07) is 3.38. The molecule has 6 nitrogen and oxygen atoms in total. The maximum atomic E-state index is 4.50. The summed E-state index contributed by atoms with van der Waals surface area (Å²) in [7, 11) is 0. The van der Waals surface area contributed by atoms with Crippen LogP contribution in [-0.2, 0) is 6.54 Å². The van der Waals surface area contributed by atoms with E-state index in [0.29, 0.717) is 12.1 Å². The Kier molecular flexibility index (Phi) is 4.47. The van der Waals surface area contributed by atoms with Crippen LogP contribution in [0.25, 0.3) is 0 Å². The second kappa shape index (κ2) is 6.89. The Balaban J connectivity index is 1.31. The van der Waals surface area contributed by atoms with Gasteiger partial charge in [-0.1, -0.05) is 0 Å². The number of rotatable bonds is 6. The molecule has 1 saturated carbocycles. The molecule has 4 rings (SSSR count). The zero-order valence-corrected chi connectivity index (χ0v) is 14.4. The first-order chi connectivity index (χ1) is 11.8. The van der Waals surface area contributed by atoms with Crippen LogP contribution in [0.15, 0.2) is 31.0 Å². The number of anilines is 1. The van der Waals surface area contributed by atoms with Crippen molar-refractivity contribution in [1.29, 1.82) is 0 Å². The number of nitrogens with zero attached hydrogens (tertiary/aromatic N) is 6. The second-order valence-corrected chi connectivity index (χ2v) is 7.06. The molecule has 0 radical (unpaired) electrons. The minimum atomic E-state index is 0.621. The number of aromatic nitrogens is 4.